The molecule has 1 aromatic carbocycles. The van der Waals surface area contributed by atoms with E-state index in [-0.39, 0.29) is 11.9 Å². The van der Waals surface area contributed by atoms with Crippen molar-refractivity contribution in [1.82, 2.24) is 4.98 Å². The molecule has 17 heavy (non-hydrogen) atoms. The fourth-order valence-corrected chi connectivity index (χ4v) is 1.69. The number of hydrogen-bond donors (Lipinski definition) is 1. The summed E-state index contributed by atoms with van der Waals surface area (Å²) in [5, 5.41) is 0. The lowest BCUT2D eigenvalue weighted by Gasteiger charge is -2.11. The van der Waals surface area contributed by atoms with Gasteiger partial charge in [0, 0.05) is 0 Å². The van der Waals surface area contributed by atoms with Crippen LogP contribution in [0.3, 0.4) is 0 Å². The average molecular weight is 230 g/mol. The summed E-state index contributed by atoms with van der Waals surface area (Å²) in [5.41, 5.74) is 9.13. The number of rotatable bonds is 3. The molecular weight excluding hydrogens is 215 g/mol. The molecule has 0 spiro atoms. The number of aryl methyl sites for hydroxylation is 1. The molecule has 1 atom stereocenters. The van der Waals surface area contributed by atoms with Crippen molar-refractivity contribution in [2.24, 2.45) is 5.73 Å². The Morgan fingerprint density at radius 2 is 1.88 bits per heavy atom. The Balaban J connectivity index is 2.08. The van der Waals surface area contributed by atoms with Gasteiger partial charge in [-0.3, -0.25) is 4.98 Å². The minimum absolute atomic E-state index is 0.196. The highest BCUT2D eigenvalue weighted by Crippen LogP contribution is 2.14. The number of nitrogens with zero attached hydrogens (tertiary/aromatic N) is 1. The summed E-state index contributed by atoms with van der Waals surface area (Å²) in [6.07, 6.45) is 1.91. The number of nitrogens with two attached hydrogens (primary N) is 1. The van der Waals surface area contributed by atoms with E-state index in [0.29, 0.717) is 12.1 Å². The zero-order chi connectivity index (χ0) is 12.3. The van der Waals surface area contributed by atoms with Gasteiger partial charge >= 0.3 is 0 Å². The van der Waals surface area contributed by atoms with Gasteiger partial charge in [-0.15, -0.1) is 0 Å². The Morgan fingerprint density at radius 1 is 1.18 bits per heavy atom. The molecule has 0 aliphatic rings. The van der Waals surface area contributed by atoms with Gasteiger partial charge in [0.05, 0.1) is 17.9 Å². The second-order valence-corrected chi connectivity index (χ2v) is 4.20. The van der Waals surface area contributed by atoms with Gasteiger partial charge in [-0.05, 0) is 31.0 Å². The molecule has 0 fully saturated rings. The van der Waals surface area contributed by atoms with Gasteiger partial charge in [-0.2, -0.15) is 0 Å². The molecule has 0 radical (unpaired) electrons. The predicted octanol–water partition coefficient (Wildman–Crippen LogP) is 2.77. The molecule has 0 saturated heterocycles. The van der Waals surface area contributed by atoms with Gasteiger partial charge in [0.2, 0.25) is 0 Å². The highest BCUT2D eigenvalue weighted by Gasteiger charge is 2.08. The van der Waals surface area contributed by atoms with Crippen molar-refractivity contribution in [2.75, 3.05) is 0 Å². The maximum absolute atomic E-state index is 12.7. The van der Waals surface area contributed by atoms with Gasteiger partial charge in [0.25, 0.3) is 0 Å². The summed E-state index contributed by atoms with van der Waals surface area (Å²) >= 11 is 0. The average Bonchev–Trinajstić information content (AvgIpc) is 2.33. The Kier molecular flexibility index (Phi) is 3.49. The number of aromatic nitrogens is 1. The third-order valence-electron chi connectivity index (χ3n) is 2.71. The smallest absolute Gasteiger partial charge is 0.141 e. The number of pyridine rings is 1. The maximum atomic E-state index is 12.7. The largest absolute Gasteiger partial charge is 0.322 e. The topological polar surface area (TPSA) is 38.9 Å². The molecule has 2 rings (SSSR count). The van der Waals surface area contributed by atoms with Gasteiger partial charge in [0.1, 0.15) is 5.82 Å². The van der Waals surface area contributed by atoms with Crippen LogP contribution in [0.1, 0.15) is 22.9 Å². The summed E-state index contributed by atoms with van der Waals surface area (Å²) in [5.74, 6) is -0.337. The summed E-state index contributed by atoms with van der Waals surface area (Å²) < 4.78 is 12.7. The minimum atomic E-state index is -0.337. The Bertz CT molecular complexity index is 477. The molecule has 0 aliphatic heterocycles. The van der Waals surface area contributed by atoms with E-state index in [9.17, 15) is 4.39 Å². The number of benzene rings is 1. The third kappa shape index (κ3) is 3.11. The molecule has 1 unspecified atom stereocenters. The molecule has 88 valence electrons. The fourth-order valence-electron chi connectivity index (χ4n) is 1.69. The second-order valence-electron chi connectivity index (χ2n) is 4.20. The van der Waals surface area contributed by atoms with Crippen LogP contribution in [-0.2, 0) is 6.42 Å². The Morgan fingerprint density at radius 3 is 2.47 bits per heavy atom. The molecule has 2 N–H and O–H groups in total. The van der Waals surface area contributed by atoms with Gasteiger partial charge in [-0.25, -0.2) is 4.39 Å². The predicted molar refractivity (Wildman–Crippen MR) is 66.0 cm³/mol. The van der Waals surface area contributed by atoms with Crippen LogP contribution in [0.5, 0.6) is 0 Å². The Labute approximate surface area is 100 Å². The van der Waals surface area contributed by atoms with Crippen LogP contribution in [0, 0.1) is 12.7 Å². The van der Waals surface area contributed by atoms with Crippen LogP contribution < -0.4 is 5.73 Å². The van der Waals surface area contributed by atoms with Crippen LogP contribution in [0.4, 0.5) is 4.39 Å². The molecule has 2 aromatic rings. The highest BCUT2D eigenvalue weighted by molar-refractivity contribution is 5.23. The summed E-state index contributed by atoms with van der Waals surface area (Å²) in [4.78, 5) is 3.99. The SMILES string of the molecule is Cc1ccc(CC(N)c2ccc(F)cn2)cc1. The molecule has 0 bridgehead atoms. The van der Waals surface area contributed by atoms with E-state index in [1.54, 1.807) is 6.07 Å². The van der Waals surface area contributed by atoms with E-state index in [1.165, 1.54) is 17.8 Å². The van der Waals surface area contributed by atoms with Crippen molar-refractivity contribution < 1.29 is 4.39 Å². The van der Waals surface area contributed by atoms with E-state index in [2.05, 4.69) is 29.2 Å². The first-order valence-electron chi connectivity index (χ1n) is 5.58. The van der Waals surface area contributed by atoms with Crippen molar-refractivity contribution in [1.29, 1.82) is 0 Å². The number of hydrogen-bond acceptors (Lipinski definition) is 2. The van der Waals surface area contributed by atoms with Crippen LogP contribution >= 0.6 is 0 Å². The first-order chi connectivity index (χ1) is 8.15. The first kappa shape index (κ1) is 11.7. The zero-order valence-corrected chi connectivity index (χ0v) is 9.73. The third-order valence-corrected chi connectivity index (χ3v) is 2.71. The van der Waals surface area contributed by atoms with E-state index < -0.39 is 0 Å². The summed E-state index contributed by atoms with van der Waals surface area (Å²) in [7, 11) is 0. The van der Waals surface area contributed by atoms with E-state index >= 15 is 0 Å². The monoisotopic (exact) mass is 230 g/mol. The van der Waals surface area contributed by atoms with Gasteiger partial charge < -0.3 is 5.73 Å². The normalized spacial score (nSPS) is 12.4. The summed E-state index contributed by atoms with van der Waals surface area (Å²) in [6, 6.07) is 11.0. The van der Waals surface area contributed by atoms with E-state index in [4.69, 9.17) is 5.73 Å². The highest BCUT2D eigenvalue weighted by atomic mass is 19.1. The molecular formula is C14H15FN2. The minimum Gasteiger partial charge on any atom is -0.322 e. The molecule has 1 aromatic heterocycles. The zero-order valence-electron chi connectivity index (χ0n) is 9.73. The summed E-state index contributed by atoms with van der Waals surface area (Å²) in [6.45, 7) is 2.05. The molecule has 2 nitrogen and oxygen atoms in total. The van der Waals surface area contributed by atoms with Gasteiger partial charge in [0.15, 0.2) is 0 Å². The lowest BCUT2D eigenvalue weighted by atomic mass is 10.0. The van der Waals surface area contributed by atoms with Crippen LogP contribution in [0.2, 0.25) is 0 Å². The lowest BCUT2D eigenvalue weighted by molar-refractivity contribution is 0.612. The van der Waals surface area contributed by atoms with Crippen molar-refractivity contribution in [3.63, 3.8) is 0 Å². The van der Waals surface area contributed by atoms with Crippen LogP contribution in [0.25, 0.3) is 0 Å². The fraction of sp³-hybridized carbons (Fsp3) is 0.214. The molecule has 0 amide bonds. The van der Waals surface area contributed by atoms with Crippen molar-refractivity contribution in [3.8, 4) is 0 Å². The standard InChI is InChI=1S/C14H15FN2/c1-10-2-4-11(5-3-10)8-13(16)14-7-6-12(15)9-17-14/h2-7,9,13H,8,16H2,1H3. The quantitative estimate of drug-likeness (QED) is 0.880. The molecule has 3 heteroatoms. The molecule has 0 aliphatic carbocycles. The van der Waals surface area contributed by atoms with Crippen LogP contribution in [0.15, 0.2) is 42.6 Å². The van der Waals surface area contributed by atoms with Gasteiger partial charge in [-0.1, -0.05) is 29.8 Å². The molecule has 0 saturated carbocycles. The first-order valence-corrected chi connectivity index (χ1v) is 5.58. The van der Waals surface area contributed by atoms with E-state index in [0.717, 1.165) is 5.56 Å². The Hall–Kier alpha value is -1.74. The second kappa shape index (κ2) is 5.06. The van der Waals surface area contributed by atoms with Crippen molar-refractivity contribution in [3.05, 3.63) is 65.2 Å². The van der Waals surface area contributed by atoms with Crippen molar-refractivity contribution in [2.45, 2.75) is 19.4 Å². The number of halogens is 1. The lowest BCUT2D eigenvalue weighted by Crippen LogP contribution is -2.14. The van der Waals surface area contributed by atoms with Crippen LogP contribution in [-0.4, -0.2) is 4.98 Å². The van der Waals surface area contributed by atoms with Crippen molar-refractivity contribution >= 4 is 0 Å². The van der Waals surface area contributed by atoms with E-state index in [1.807, 2.05) is 6.92 Å². The maximum Gasteiger partial charge on any atom is 0.141 e. The molecule has 1 heterocycles.